The third kappa shape index (κ3) is 4.29. The molecule has 1 atom stereocenters. The van der Waals surface area contributed by atoms with Gasteiger partial charge in [-0.05, 0) is 68.0 Å². The maximum absolute atomic E-state index is 13.4. The Morgan fingerprint density at radius 3 is 2.63 bits per heavy atom. The van der Waals surface area contributed by atoms with Gasteiger partial charge in [0.25, 0.3) is 5.56 Å². The first-order chi connectivity index (χ1) is 14.4. The fourth-order valence-electron chi connectivity index (χ4n) is 4.15. The minimum Gasteiger partial charge on any atom is -0.342 e. The van der Waals surface area contributed by atoms with E-state index in [1.165, 1.54) is 18.2 Å². The summed E-state index contributed by atoms with van der Waals surface area (Å²) in [5, 5.41) is 1.14. The van der Waals surface area contributed by atoms with E-state index in [1.54, 1.807) is 10.6 Å². The number of aryl methyl sites for hydroxylation is 2. The summed E-state index contributed by atoms with van der Waals surface area (Å²) in [4.78, 5) is 32.9. The number of hydrogen-bond acceptors (Lipinski definition) is 4. The number of rotatable bonds is 4. The maximum atomic E-state index is 13.4. The Labute approximate surface area is 181 Å². The molecule has 0 aliphatic carbocycles. The SMILES string of the molecule is Cc1cc(C)cc(-n2c(SCC(=O)N3CCCC(C)C3)nc3ccccc3c2=O)c1. The highest BCUT2D eigenvalue weighted by molar-refractivity contribution is 7.99. The molecular formula is C24H27N3O2S. The highest BCUT2D eigenvalue weighted by Crippen LogP contribution is 2.24. The van der Waals surface area contributed by atoms with Crippen molar-refractivity contribution < 1.29 is 4.79 Å². The lowest BCUT2D eigenvalue weighted by molar-refractivity contribution is -0.130. The van der Waals surface area contributed by atoms with Crippen molar-refractivity contribution in [3.63, 3.8) is 0 Å². The van der Waals surface area contributed by atoms with Crippen LogP contribution in [0.1, 0.15) is 30.9 Å². The molecule has 4 rings (SSSR count). The van der Waals surface area contributed by atoms with E-state index in [-0.39, 0.29) is 17.2 Å². The summed E-state index contributed by atoms with van der Waals surface area (Å²) < 4.78 is 1.65. The van der Waals surface area contributed by atoms with Gasteiger partial charge in [0.15, 0.2) is 5.16 Å². The van der Waals surface area contributed by atoms with Crippen molar-refractivity contribution in [1.29, 1.82) is 0 Å². The Kier molecular flexibility index (Phi) is 5.95. The molecule has 0 saturated carbocycles. The summed E-state index contributed by atoms with van der Waals surface area (Å²) >= 11 is 1.35. The minimum atomic E-state index is -0.104. The van der Waals surface area contributed by atoms with Crippen LogP contribution in [0, 0.1) is 19.8 Å². The molecule has 1 saturated heterocycles. The number of thioether (sulfide) groups is 1. The second-order valence-corrected chi connectivity index (χ2v) is 9.22. The highest BCUT2D eigenvalue weighted by atomic mass is 32.2. The van der Waals surface area contributed by atoms with E-state index in [9.17, 15) is 9.59 Å². The molecule has 1 aromatic heterocycles. The molecule has 2 heterocycles. The summed E-state index contributed by atoms with van der Waals surface area (Å²) in [6.45, 7) is 7.86. The van der Waals surface area contributed by atoms with Crippen molar-refractivity contribution >= 4 is 28.6 Å². The average molecular weight is 422 g/mol. The number of para-hydroxylation sites is 1. The van der Waals surface area contributed by atoms with Gasteiger partial charge in [0.1, 0.15) is 0 Å². The summed E-state index contributed by atoms with van der Waals surface area (Å²) in [7, 11) is 0. The molecule has 6 heteroatoms. The number of benzene rings is 2. The van der Waals surface area contributed by atoms with E-state index in [0.717, 1.165) is 36.3 Å². The van der Waals surface area contributed by atoms with Gasteiger partial charge in [-0.3, -0.25) is 14.2 Å². The lowest BCUT2D eigenvalue weighted by atomic mass is 10.0. The molecule has 0 N–H and O–H groups in total. The number of likely N-dealkylation sites (tertiary alicyclic amines) is 1. The Morgan fingerprint density at radius 1 is 1.17 bits per heavy atom. The summed E-state index contributed by atoms with van der Waals surface area (Å²) in [6, 6.07) is 13.4. The summed E-state index contributed by atoms with van der Waals surface area (Å²) in [5.41, 5.74) is 3.51. The van der Waals surface area contributed by atoms with E-state index in [2.05, 4.69) is 13.0 Å². The van der Waals surface area contributed by atoms with Gasteiger partial charge in [0.05, 0.1) is 22.3 Å². The Bertz CT molecular complexity index is 1130. The molecule has 0 bridgehead atoms. The van der Waals surface area contributed by atoms with Gasteiger partial charge < -0.3 is 4.90 Å². The number of aromatic nitrogens is 2. The van der Waals surface area contributed by atoms with Crippen LogP contribution in [0.5, 0.6) is 0 Å². The van der Waals surface area contributed by atoms with Crippen LogP contribution >= 0.6 is 11.8 Å². The minimum absolute atomic E-state index is 0.104. The predicted molar refractivity (Wildman–Crippen MR) is 123 cm³/mol. The van der Waals surface area contributed by atoms with Gasteiger partial charge in [-0.25, -0.2) is 4.98 Å². The number of carbonyl (C=O) groups excluding carboxylic acids is 1. The summed E-state index contributed by atoms with van der Waals surface area (Å²) in [5.74, 6) is 0.934. The molecule has 1 aliphatic heterocycles. The maximum Gasteiger partial charge on any atom is 0.266 e. The fraction of sp³-hybridized carbons (Fsp3) is 0.375. The predicted octanol–water partition coefficient (Wildman–Crippen LogP) is 4.35. The first-order valence-electron chi connectivity index (χ1n) is 10.4. The first kappa shape index (κ1) is 20.7. The van der Waals surface area contributed by atoms with Crippen molar-refractivity contribution in [2.75, 3.05) is 18.8 Å². The third-order valence-electron chi connectivity index (χ3n) is 5.54. The number of hydrogen-bond donors (Lipinski definition) is 0. The number of carbonyl (C=O) groups is 1. The van der Waals surface area contributed by atoms with Gasteiger partial charge >= 0.3 is 0 Å². The normalized spacial score (nSPS) is 16.8. The molecule has 0 spiro atoms. The number of nitrogens with zero attached hydrogens (tertiary/aromatic N) is 3. The molecule has 156 valence electrons. The van der Waals surface area contributed by atoms with Crippen LogP contribution in [0.15, 0.2) is 52.4 Å². The molecule has 0 radical (unpaired) electrons. The second kappa shape index (κ2) is 8.64. The molecule has 2 aromatic carbocycles. The number of fused-ring (bicyclic) bond motifs is 1. The Balaban J connectivity index is 1.72. The molecule has 1 unspecified atom stereocenters. The highest BCUT2D eigenvalue weighted by Gasteiger charge is 2.22. The van der Waals surface area contributed by atoms with Gasteiger partial charge in [-0.1, -0.05) is 36.9 Å². The third-order valence-corrected chi connectivity index (χ3v) is 6.47. The van der Waals surface area contributed by atoms with Crippen LogP contribution in [0.4, 0.5) is 0 Å². The molecule has 1 aliphatic rings. The van der Waals surface area contributed by atoms with Crippen LogP contribution in [0.25, 0.3) is 16.6 Å². The topological polar surface area (TPSA) is 55.2 Å². The zero-order valence-corrected chi connectivity index (χ0v) is 18.5. The van der Waals surface area contributed by atoms with Crippen LogP contribution in [0.3, 0.4) is 0 Å². The van der Waals surface area contributed by atoms with Crippen LogP contribution < -0.4 is 5.56 Å². The van der Waals surface area contributed by atoms with Crippen molar-refractivity contribution in [3.05, 3.63) is 63.9 Å². The number of piperidine rings is 1. The van der Waals surface area contributed by atoms with E-state index < -0.39 is 0 Å². The van der Waals surface area contributed by atoms with Crippen molar-refractivity contribution in [2.24, 2.45) is 5.92 Å². The lowest BCUT2D eigenvalue weighted by Crippen LogP contribution is -2.40. The molecule has 1 amide bonds. The van der Waals surface area contributed by atoms with Crippen LogP contribution in [-0.2, 0) is 4.79 Å². The second-order valence-electron chi connectivity index (χ2n) is 8.27. The lowest BCUT2D eigenvalue weighted by Gasteiger charge is -2.30. The van der Waals surface area contributed by atoms with Gasteiger partial charge in [-0.2, -0.15) is 0 Å². The van der Waals surface area contributed by atoms with E-state index >= 15 is 0 Å². The quantitative estimate of drug-likeness (QED) is 0.464. The molecule has 5 nitrogen and oxygen atoms in total. The zero-order valence-electron chi connectivity index (χ0n) is 17.7. The standard InChI is InChI=1S/C24H27N3O2S/c1-16-7-6-10-26(14-16)22(28)15-30-24-25-21-9-5-4-8-20(21)23(29)27(24)19-12-17(2)11-18(3)13-19/h4-5,8-9,11-13,16H,6-7,10,14-15H2,1-3H3. The van der Waals surface area contributed by atoms with Gasteiger partial charge in [0.2, 0.25) is 5.91 Å². The average Bonchev–Trinajstić information content (AvgIpc) is 2.71. The molecule has 1 fully saturated rings. The van der Waals surface area contributed by atoms with Gasteiger partial charge in [-0.15, -0.1) is 0 Å². The molecular weight excluding hydrogens is 394 g/mol. The smallest absolute Gasteiger partial charge is 0.266 e. The van der Waals surface area contributed by atoms with Crippen molar-refractivity contribution in [3.8, 4) is 5.69 Å². The molecule has 3 aromatic rings. The largest absolute Gasteiger partial charge is 0.342 e. The zero-order chi connectivity index (χ0) is 21.3. The van der Waals surface area contributed by atoms with Crippen molar-refractivity contribution in [2.45, 2.75) is 38.8 Å². The summed E-state index contributed by atoms with van der Waals surface area (Å²) in [6.07, 6.45) is 2.23. The number of amides is 1. The molecule has 30 heavy (non-hydrogen) atoms. The first-order valence-corrected chi connectivity index (χ1v) is 11.4. The van der Waals surface area contributed by atoms with Crippen LogP contribution in [0.2, 0.25) is 0 Å². The van der Waals surface area contributed by atoms with E-state index in [0.29, 0.717) is 22.0 Å². The Hall–Kier alpha value is -2.60. The van der Waals surface area contributed by atoms with E-state index in [1.807, 2.05) is 49.1 Å². The van der Waals surface area contributed by atoms with E-state index in [4.69, 9.17) is 4.98 Å². The Morgan fingerprint density at radius 2 is 1.90 bits per heavy atom. The monoisotopic (exact) mass is 421 g/mol. The fourth-order valence-corrected chi connectivity index (χ4v) is 5.07. The van der Waals surface area contributed by atoms with Crippen molar-refractivity contribution in [1.82, 2.24) is 14.5 Å². The van der Waals surface area contributed by atoms with Crippen LogP contribution in [-0.4, -0.2) is 39.2 Å². The van der Waals surface area contributed by atoms with Gasteiger partial charge in [0, 0.05) is 13.1 Å².